The Hall–Kier alpha value is -0.970. The van der Waals surface area contributed by atoms with E-state index >= 15 is 0 Å². The summed E-state index contributed by atoms with van der Waals surface area (Å²) in [7, 11) is 2.13. The molecule has 1 aromatic carbocycles. The Balaban J connectivity index is 0.00000242. The first-order chi connectivity index (χ1) is 10.1. The zero-order valence-corrected chi connectivity index (χ0v) is 15.6. The van der Waals surface area contributed by atoms with Crippen molar-refractivity contribution in [2.75, 3.05) is 17.3 Å². The second kappa shape index (κ2) is 10.7. The van der Waals surface area contributed by atoms with E-state index in [2.05, 4.69) is 23.3 Å². The van der Waals surface area contributed by atoms with Gasteiger partial charge < -0.3 is 16.0 Å². The number of nitrogens with two attached hydrogens (primary N) is 1. The van der Waals surface area contributed by atoms with Crippen LogP contribution in [0.4, 0.5) is 11.4 Å². The van der Waals surface area contributed by atoms with Crippen LogP contribution in [0.1, 0.15) is 45.4 Å². The Morgan fingerprint density at radius 3 is 2.52 bits per heavy atom. The molecule has 132 valence electrons. The van der Waals surface area contributed by atoms with Crippen molar-refractivity contribution in [1.29, 1.82) is 0 Å². The van der Waals surface area contributed by atoms with Gasteiger partial charge in [0.2, 0.25) is 5.91 Å². The van der Waals surface area contributed by atoms with Crippen LogP contribution in [-0.4, -0.2) is 25.0 Å². The third-order valence-corrected chi connectivity index (χ3v) is 4.26. The Morgan fingerprint density at radius 1 is 1.30 bits per heavy atom. The molecule has 0 saturated heterocycles. The highest BCUT2D eigenvalue weighted by atomic mass is 35.5. The van der Waals surface area contributed by atoms with Crippen molar-refractivity contribution in [1.82, 2.24) is 0 Å². The van der Waals surface area contributed by atoms with Gasteiger partial charge in [-0.3, -0.25) is 4.79 Å². The van der Waals surface area contributed by atoms with E-state index in [-0.39, 0.29) is 36.8 Å². The fourth-order valence-corrected chi connectivity index (χ4v) is 2.95. The maximum Gasteiger partial charge on any atom is 0.224 e. The molecule has 0 aromatic heterocycles. The van der Waals surface area contributed by atoms with Crippen LogP contribution in [0.15, 0.2) is 24.3 Å². The molecule has 0 spiro atoms. The summed E-state index contributed by atoms with van der Waals surface area (Å²) in [5, 5.41) is 3.03. The molecule has 4 nitrogen and oxygen atoms in total. The van der Waals surface area contributed by atoms with Crippen LogP contribution in [0, 0.1) is 0 Å². The Kier molecular flexibility index (Phi) is 10.3. The van der Waals surface area contributed by atoms with Crippen molar-refractivity contribution in [2.24, 2.45) is 5.73 Å². The van der Waals surface area contributed by atoms with Crippen LogP contribution in [-0.2, 0) is 4.79 Å². The molecule has 3 N–H and O–H groups in total. The molecule has 1 amide bonds. The molecule has 1 aliphatic rings. The second-order valence-corrected chi connectivity index (χ2v) is 6.13. The minimum atomic E-state index is 0. The van der Waals surface area contributed by atoms with Gasteiger partial charge in [0.15, 0.2) is 0 Å². The van der Waals surface area contributed by atoms with Gasteiger partial charge in [-0.05, 0) is 38.3 Å². The first-order valence-corrected chi connectivity index (χ1v) is 7.95. The predicted octanol–water partition coefficient (Wildman–Crippen LogP) is 3.97. The van der Waals surface area contributed by atoms with E-state index in [1.165, 1.54) is 25.7 Å². The summed E-state index contributed by atoms with van der Waals surface area (Å²) < 4.78 is 0. The lowest BCUT2D eigenvalue weighted by Gasteiger charge is -2.28. The summed E-state index contributed by atoms with van der Waals surface area (Å²) in [6.45, 7) is 1.93. The normalized spacial score (nSPS) is 15.3. The van der Waals surface area contributed by atoms with Gasteiger partial charge >= 0.3 is 0 Å². The molecule has 1 aromatic rings. The standard InChI is InChI=1S/C17H27N3O.2ClH/c1-13(18)11-12-17(21)19-15-9-5-6-10-16(15)20(2)14-7-3-4-8-14;;/h5-6,9-10,13-14H,3-4,7-8,11-12,18H2,1-2H3,(H,19,21);2*1H. The summed E-state index contributed by atoms with van der Waals surface area (Å²) in [4.78, 5) is 14.3. The van der Waals surface area contributed by atoms with Crippen LogP contribution < -0.4 is 16.0 Å². The number of rotatable bonds is 6. The highest BCUT2D eigenvalue weighted by Crippen LogP contribution is 2.31. The number of nitrogens with one attached hydrogen (secondary N) is 1. The zero-order chi connectivity index (χ0) is 15.2. The minimum Gasteiger partial charge on any atom is -0.370 e. The van der Waals surface area contributed by atoms with Crippen LogP contribution in [0.3, 0.4) is 0 Å². The lowest BCUT2D eigenvalue weighted by molar-refractivity contribution is -0.116. The van der Waals surface area contributed by atoms with E-state index in [0.29, 0.717) is 18.9 Å². The molecule has 0 radical (unpaired) electrons. The van der Waals surface area contributed by atoms with Gasteiger partial charge in [-0.1, -0.05) is 25.0 Å². The molecule has 6 heteroatoms. The number of amides is 1. The summed E-state index contributed by atoms with van der Waals surface area (Å²) in [6.07, 6.45) is 6.27. The van der Waals surface area contributed by atoms with E-state index in [1.807, 2.05) is 25.1 Å². The van der Waals surface area contributed by atoms with E-state index in [9.17, 15) is 4.79 Å². The maximum atomic E-state index is 12.0. The minimum absolute atomic E-state index is 0. The van der Waals surface area contributed by atoms with Gasteiger partial charge in [-0.2, -0.15) is 0 Å². The van der Waals surface area contributed by atoms with E-state index in [4.69, 9.17) is 5.73 Å². The van der Waals surface area contributed by atoms with Crippen molar-refractivity contribution in [2.45, 2.75) is 57.5 Å². The third kappa shape index (κ3) is 6.58. The van der Waals surface area contributed by atoms with Gasteiger partial charge in [-0.25, -0.2) is 0 Å². The van der Waals surface area contributed by atoms with E-state index in [0.717, 1.165) is 11.4 Å². The van der Waals surface area contributed by atoms with Crippen LogP contribution in [0.25, 0.3) is 0 Å². The van der Waals surface area contributed by atoms with Gasteiger partial charge in [0.05, 0.1) is 11.4 Å². The predicted molar refractivity (Wildman–Crippen MR) is 103 cm³/mol. The molecule has 23 heavy (non-hydrogen) atoms. The molecule has 1 aliphatic carbocycles. The Labute approximate surface area is 152 Å². The molecule has 0 bridgehead atoms. The first kappa shape index (κ1) is 22.0. The smallest absolute Gasteiger partial charge is 0.224 e. The van der Waals surface area contributed by atoms with Crippen LogP contribution >= 0.6 is 24.8 Å². The highest BCUT2D eigenvalue weighted by Gasteiger charge is 2.21. The number of halogens is 2. The van der Waals surface area contributed by atoms with Crippen molar-refractivity contribution < 1.29 is 4.79 Å². The van der Waals surface area contributed by atoms with Gasteiger partial charge in [0.25, 0.3) is 0 Å². The Bertz CT molecular complexity index is 477. The van der Waals surface area contributed by atoms with Gasteiger partial charge in [0, 0.05) is 25.6 Å². The van der Waals surface area contributed by atoms with Crippen molar-refractivity contribution in [3.05, 3.63) is 24.3 Å². The molecule has 0 aliphatic heterocycles. The number of hydrogen-bond acceptors (Lipinski definition) is 3. The first-order valence-electron chi connectivity index (χ1n) is 7.95. The maximum absolute atomic E-state index is 12.0. The SMILES string of the molecule is CC(N)CCC(=O)Nc1ccccc1N(C)C1CCCC1.Cl.Cl. The summed E-state index contributed by atoms with van der Waals surface area (Å²) in [6, 6.07) is 8.70. The molecule has 2 rings (SSSR count). The van der Waals surface area contributed by atoms with Crippen molar-refractivity contribution in [3.63, 3.8) is 0 Å². The van der Waals surface area contributed by atoms with Crippen LogP contribution in [0.2, 0.25) is 0 Å². The largest absolute Gasteiger partial charge is 0.370 e. The molecule has 1 unspecified atom stereocenters. The number of anilines is 2. The zero-order valence-electron chi connectivity index (χ0n) is 14.0. The van der Waals surface area contributed by atoms with Crippen molar-refractivity contribution >= 4 is 42.1 Å². The lowest BCUT2D eigenvalue weighted by Crippen LogP contribution is -2.30. The van der Waals surface area contributed by atoms with E-state index in [1.54, 1.807) is 0 Å². The van der Waals surface area contributed by atoms with Crippen LogP contribution in [0.5, 0.6) is 0 Å². The summed E-state index contributed by atoms with van der Waals surface area (Å²) >= 11 is 0. The monoisotopic (exact) mass is 361 g/mol. The molecule has 1 atom stereocenters. The topological polar surface area (TPSA) is 58.4 Å². The second-order valence-electron chi connectivity index (χ2n) is 6.13. The molecule has 1 fully saturated rings. The fourth-order valence-electron chi connectivity index (χ4n) is 2.95. The molecule has 0 heterocycles. The molecular formula is C17H29Cl2N3O. The quantitative estimate of drug-likeness (QED) is 0.805. The number of para-hydroxylation sites is 2. The number of carbonyl (C=O) groups is 1. The van der Waals surface area contributed by atoms with Gasteiger partial charge in [-0.15, -0.1) is 24.8 Å². The highest BCUT2D eigenvalue weighted by molar-refractivity contribution is 5.94. The number of carbonyl (C=O) groups excluding carboxylic acids is 1. The number of nitrogens with zero attached hydrogens (tertiary/aromatic N) is 1. The van der Waals surface area contributed by atoms with E-state index < -0.39 is 0 Å². The van der Waals surface area contributed by atoms with Gasteiger partial charge in [0.1, 0.15) is 0 Å². The molecule has 1 saturated carbocycles. The fraction of sp³-hybridized carbons (Fsp3) is 0.588. The third-order valence-electron chi connectivity index (χ3n) is 4.26. The molecular weight excluding hydrogens is 333 g/mol. The average Bonchev–Trinajstić information content (AvgIpc) is 2.99. The van der Waals surface area contributed by atoms with Crippen molar-refractivity contribution in [3.8, 4) is 0 Å². The summed E-state index contributed by atoms with van der Waals surface area (Å²) in [5.74, 6) is 0.0413. The Morgan fingerprint density at radius 2 is 1.91 bits per heavy atom. The lowest BCUT2D eigenvalue weighted by atomic mass is 10.1. The average molecular weight is 362 g/mol. The summed E-state index contributed by atoms with van der Waals surface area (Å²) in [5.41, 5.74) is 7.72. The number of benzene rings is 1. The number of hydrogen-bond donors (Lipinski definition) is 2.